The van der Waals surface area contributed by atoms with Crippen LogP contribution >= 0.6 is 0 Å². The minimum absolute atomic E-state index is 0.0470. The lowest BCUT2D eigenvalue weighted by molar-refractivity contribution is -0.121. The number of carbonyl (C=O) groups excluding carboxylic acids is 1. The first-order valence-electron chi connectivity index (χ1n) is 10.6. The molecule has 31 heavy (non-hydrogen) atoms. The summed E-state index contributed by atoms with van der Waals surface area (Å²) in [7, 11) is -2.02. The van der Waals surface area contributed by atoms with Crippen LogP contribution in [0.25, 0.3) is 0 Å². The van der Waals surface area contributed by atoms with E-state index in [2.05, 4.69) is 10.0 Å². The van der Waals surface area contributed by atoms with E-state index in [0.717, 1.165) is 36.8 Å². The van der Waals surface area contributed by atoms with Crippen LogP contribution in [0.1, 0.15) is 36.0 Å². The van der Waals surface area contributed by atoms with Gasteiger partial charge in [-0.2, -0.15) is 0 Å². The Balaban J connectivity index is 1.44. The molecule has 0 fully saturated rings. The average molecular weight is 447 g/mol. The number of ether oxygens (including phenoxy) is 2. The number of nitrogens with one attached hydrogen (secondary N) is 2. The Hall–Kier alpha value is -2.42. The molecular formula is C23H30N2O5S. The van der Waals surface area contributed by atoms with Crippen molar-refractivity contribution in [3.63, 3.8) is 0 Å². The van der Waals surface area contributed by atoms with Gasteiger partial charge < -0.3 is 14.8 Å². The van der Waals surface area contributed by atoms with Crippen molar-refractivity contribution in [2.75, 3.05) is 26.9 Å². The van der Waals surface area contributed by atoms with Crippen molar-refractivity contribution < 1.29 is 22.7 Å². The molecule has 1 aliphatic carbocycles. The molecule has 0 saturated carbocycles. The summed E-state index contributed by atoms with van der Waals surface area (Å²) in [5, 5.41) is 2.81. The van der Waals surface area contributed by atoms with Gasteiger partial charge in [0.1, 0.15) is 12.4 Å². The number of fused-ring (bicyclic) bond motifs is 1. The van der Waals surface area contributed by atoms with Crippen LogP contribution < -0.4 is 14.8 Å². The first kappa shape index (κ1) is 23.2. The van der Waals surface area contributed by atoms with E-state index in [1.54, 1.807) is 19.2 Å². The van der Waals surface area contributed by atoms with Gasteiger partial charge in [0.15, 0.2) is 0 Å². The number of hydrogen-bond donors (Lipinski definition) is 2. The summed E-state index contributed by atoms with van der Waals surface area (Å²) in [5.74, 6) is 0.487. The van der Waals surface area contributed by atoms with Gasteiger partial charge in [-0.15, -0.1) is 0 Å². The van der Waals surface area contributed by atoms with Gasteiger partial charge in [0.2, 0.25) is 15.9 Å². The highest BCUT2D eigenvalue weighted by molar-refractivity contribution is 7.89. The van der Waals surface area contributed by atoms with Crippen LogP contribution in [0.5, 0.6) is 5.75 Å². The van der Waals surface area contributed by atoms with Gasteiger partial charge in [-0.3, -0.25) is 4.79 Å². The molecule has 168 valence electrons. The van der Waals surface area contributed by atoms with E-state index in [1.807, 2.05) is 30.3 Å². The molecule has 0 aliphatic heterocycles. The lowest BCUT2D eigenvalue weighted by Crippen LogP contribution is -2.30. The zero-order valence-corrected chi connectivity index (χ0v) is 18.7. The number of rotatable bonds is 11. The predicted octanol–water partition coefficient (Wildman–Crippen LogP) is 2.58. The van der Waals surface area contributed by atoms with E-state index in [0.29, 0.717) is 25.5 Å². The van der Waals surface area contributed by atoms with Crippen LogP contribution in [-0.2, 0) is 38.9 Å². The van der Waals surface area contributed by atoms with Gasteiger partial charge in [0.05, 0.1) is 11.5 Å². The van der Waals surface area contributed by atoms with Crippen LogP contribution in [-0.4, -0.2) is 41.2 Å². The van der Waals surface area contributed by atoms with Gasteiger partial charge in [-0.25, -0.2) is 13.1 Å². The Morgan fingerprint density at radius 1 is 1.03 bits per heavy atom. The quantitative estimate of drug-likeness (QED) is 0.518. The third kappa shape index (κ3) is 7.05. The van der Waals surface area contributed by atoms with E-state index in [-0.39, 0.29) is 23.8 Å². The minimum atomic E-state index is -3.63. The van der Waals surface area contributed by atoms with E-state index >= 15 is 0 Å². The lowest BCUT2D eigenvalue weighted by Gasteiger charge is -2.16. The smallest absolute Gasteiger partial charge is 0.240 e. The molecule has 8 heteroatoms. The largest absolute Gasteiger partial charge is 0.491 e. The SMILES string of the molecule is COCCOc1cccc(CNC(=O)CCNS(=O)(=O)c2ccc3c(c2)CCCC3)c1. The molecule has 0 bridgehead atoms. The third-order valence-corrected chi connectivity index (χ3v) is 6.68. The molecule has 0 heterocycles. The molecule has 2 N–H and O–H groups in total. The zero-order chi connectivity index (χ0) is 22.1. The van der Waals surface area contributed by atoms with Crippen molar-refractivity contribution in [1.29, 1.82) is 0 Å². The highest BCUT2D eigenvalue weighted by atomic mass is 32.2. The van der Waals surface area contributed by atoms with E-state index in [9.17, 15) is 13.2 Å². The van der Waals surface area contributed by atoms with Crippen molar-refractivity contribution in [3.8, 4) is 5.75 Å². The summed E-state index contributed by atoms with van der Waals surface area (Å²) >= 11 is 0. The minimum Gasteiger partial charge on any atom is -0.491 e. The third-order valence-electron chi connectivity index (χ3n) is 5.22. The molecule has 0 aromatic heterocycles. The molecule has 0 saturated heterocycles. The first-order valence-corrected chi connectivity index (χ1v) is 12.0. The second-order valence-corrected chi connectivity index (χ2v) is 9.32. The maximum atomic E-state index is 12.6. The average Bonchev–Trinajstić information content (AvgIpc) is 2.78. The number of carbonyl (C=O) groups is 1. The number of benzene rings is 2. The van der Waals surface area contributed by atoms with Crippen molar-refractivity contribution in [2.24, 2.45) is 0 Å². The number of sulfonamides is 1. The molecule has 2 aromatic carbocycles. The highest BCUT2D eigenvalue weighted by Gasteiger charge is 2.17. The van der Waals surface area contributed by atoms with Crippen molar-refractivity contribution >= 4 is 15.9 Å². The fraction of sp³-hybridized carbons (Fsp3) is 0.435. The van der Waals surface area contributed by atoms with E-state index < -0.39 is 10.0 Å². The Morgan fingerprint density at radius 2 is 1.84 bits per heavy atom. The van der Waals surface area contributed by atoms with Gasteiger partial charge in [0, 0.05) is 26.6 Å². The Bertz CT molecular complexity index is 991. The standard InChI is InChI=1S/C23H30N2O5S/c1-29-13-14-30-21-8-4-5-18(15-21)17-24-23(26)11-12-25-31(27,28)22-10-9-19-6-2-3-7-20(19)16-22/h4-5,8-10,15-16,25H,2-3,6-7,11-14,17H2,1H3,(H,24,26). The fourth-order valence-corrected chi connectivity index (χ4v) is 4.62. The van der Waals surface area contributed by atoms with Crippen molar-refractivity contribution in [3.05, 3.63) is 59.2 Å². The molecule has 2 aromatic rings. The molecule has 0 spiro atoms. The second kappa shape index (κ2) is 11.3. The Morgan fingerprint density at radius 3 is 2.65 bits per heavy atom. The van der Waals surface area contributed by atoms with Crippen LogP contribution in [0.2, 0.25) is 0 Å². The number of methoxy groups -OCH3 is 1. The number of aryl methyl sites for hydroxylation is 2. The van der Waals surface area contributed by atoms with Crippen molar-refractivity contribution in [2.45, 2.75) is 43.5 Å². The topological polar surface area (TPSA) is 93.7 Å². The summed E-state index contributed by atoms with van der Waals surface area (Å²) in [6, 6.07) is 12.8. The maximum absolute atomic E-state index is 12.6. The summed E-state index contributed by atoms with van der Waals surface area (Å²) < 4.78 is 38.2. The van der Waals surface area contributed by atoms with Crippen LogP contribution in [0, 0.1) is 0 Å². The first-order chi connectivity index (χ1) is 15.0. The van der Waals surface area contributed by atoms with Crippen LogP contribution in [0.3, 0.4) is 0 Å². The number of amides is 1. The summed E-state index contributed by atoms with van der Waals surface area (Å²) in [6.07, 6.45) is 4.23. The van der Waals surface area contributed by atoms with Gasteiger partial charge in [0.25, 0.3) is 0 Å². The van der Waals surface area contributed by atoms with Gasteiger partial charge >= 0.3 is 0 Å². The zero-order valence-electron chi connectivity index (χ0n) is 17.9. The molecule has 0 radical (unpaired) electrons. The van der Waals surface area contributed by atoms with E-state index in [1.165, 1.54) is 5.56 Å². The fourth-order valence-electron chi connectivity index (χ4n) is 3.54. The Labute approximate surface area is 184 Å². The highest BCUT2D eigenvalue weighted by Crippen LogP contribution is 2.24. The molecule has 3 rings (SSSR count). The van der Waals surface area contributed by atoms with Gasteiger partial charge in [-0.1, -0.05) is 18.2 Å². The molecule has 1 amide bonds. The molecule has 1 aliphatic rings. The van der Waals surface area contributed by atoms with Crippen molar-refractivity contribution in [1.82, 2.24) is 10.0 Å². The normalized spacial score (nSPS) is 13.5. The summed E-state index contributed by atoms with van der Waals surface area (Å²) in [6.45, 7) is 1.35. The van der Waals surface area contributed by atoms with Crippen LogP contribution in [0.15, 0.2) is 47.4 Å². The van der Waals surface area contributed by atoms with E-state index in [4.69, 9.17) is 9.47 Å². The molecular weight excluding hydrogens is 416 g/mol. The molecule has 7 nitrogen and oxygen atoms in total. The van der Waals surface area contributed by atoms with Gasteiger partial charge in [-0.05, 0) is 66.6 Å². The molecule has 0 unspecified atom stereocenters. The Kier molecular flexibility index (Phi) is 8.45. The molecule has 0 atom stereocenters. The lowest BCUT2D eigenvalue weighted by atomic mass is 9.92. The summed E-state index contributed by atoms with van der Waals surface area (Å²) in [5.41, 5.74) is 3.25. The summed E-state index contributed by atoms with van der Waals surface area (Å²) in [4.78, 5) is 12.4. The second-order valence-electron chi connectivity index (χ2n) is 7.55. The van der Waals surface area contributed by atoms with Crippen LogP contribution in [0.4, 0.5) is 0 Å². The number of hydrogen-bond acceptors (Lipinski definition) is 5. The monoisotopic (exact) mass is 446 g/mol. The maximum Gasteiger partial charge on any atom is 0.240 e. The predicted molar refractivity (Wildman–Crippen MR) is 119 cm³/mol.